The third kappa shape index (κ3) is 5.70. The molecule has 2 heterocycles. The fourth-order valence-electron chi connectivity index (χ4n) is 4.90. The Morgan fingerprint density at radius 2 is 1.73 bits per heavy atom. The van der Waals surface area contributed by atoms with Crippen molar-refractivity contribution in [1.82, 2.24) is 10.3 Å². The number of nitrogens with one attached hydrogen (secondary N) is 2. The van der Waals surface area contributed by atoms with Crippen LogP contribution in [0.4, 0.5) is 18.9 Å². The van der Waals surface area contributed by atoms with Gasteiger partial charge in [0.2, 0.25) is 17.7 Å². The minimum atomic E-state index is -0.923. The molecule has 5 rings (SSSR count). The van der Waals surface area contributed by atoms with E-state index in [0.717, 1.165) is 18.2 Å². The number of aromatic nitrogens is 1. The zero-order valence-electron chi connectivity index (χ0n) is 21.0. The van der Waals surface area contributed by atoms with Gasteiger partial charge in [-0.05, 0) is 71.6 Å². The van der Waals surface area contributed by atoms with Crippen molar-refractivity contribution in [1.29, 1.82) is 0 Å². The highest BCUT2D eigenvalue weighted by atomic mass is 19.1. The highest BCUT2D eigenvalue weighted by Crippen LogP contribution is 2.36. The van der Waals surface area contributed by atoms with Crippen LogP contribution in [0.1, 0.15) is 45.6 Å². The van der Waals surface area contributed by atoms with Crippen LogP contribution in [-0.4, -0.2) is 22.7 Å². The van der Waals surface area contributed by atoms with E-state index in [1.807, 2.05) is 0 Å². The van der Waals surface area contributed by atoms with Crippen molar-refractivity contribution in [2.45, 2.75) is 24.8 Å². The third-order valence-corrected chi connectivity index (χ3v) is 6.68. The summed E-state index contributed by atoms with van der Waals surface area (Å²) in [5.74, 6) is -4.65. The summed E-state index contributed by atoms with van der Waals surface area (Å²) >= 11 is 0. The minimum Gasteiger partial charge on any atom is -0.366 e. The standard InChI is InChI=1S/C30H23F3N4O3/c31-19-6-7-25-23(14-19)24(30(40)37-25)15-27(38)36-26(11-16-9-20(32)13-21(33)10-16)28-22(5-2-8-35-28)17-3-1-4-18(12-17)29(34)39/h1-10,12-14,24,26H,11,15H2,(H2,34,39)(H,36,38)(H,37,40). The van der Waals surface area contributed by atoms with E-state index < -0.39 is 47.1 Å². The molecule has 0 spiro atoms. The number of nitrogens with two attached hydrogens (primary N) is 1. The van der Waals surface area contributed by atoms with Gasteiger partial charge in [-0.2, -0.15) is 0 Å². The number of carbonyl (C=O) groups excluding carboxylic acids is 3. The maximum atomic E-state index is 14.0. The van der Waals surface area contributed by atoms with Crippen LogP contribution in [0.5, 0.6) is 0 Å². The Morgan fingerprint density at radius 1 is 0.950 bits per heavy atom. The van der Waals surface area contributed by atoms with E-state index in [4.69, 9.17) is 5.73 Å². The summed E-state index contributed by atoms with van der Waals surface area (Å²) in [6.45, 7) is 0. The second kappa shape index (κ2) is 11.0. The largest absolute Gasteiger partial charge is 0.366 e. The van der Waals surface area contributed by atoms with Gasteiger partial charge in [0.1, 0.15) is 17.5 Å². The fourth-order valence-corrected chi connectivity index (χ4v) is 4.90. The molecule has 2 atom stereocenters. The Balaban J connectivity index is 1.50. The first-order valence-electron chi connectivity index (χ1n) is 12.4. The number of rotatable bonds is 8. The molecule has 10 heteroatoms. The molecule has 2 unspecified atom stereocenters. The minimum absolute atomic E-state index is 0.0397. The molecule has 4 aromatic rings. The molecule has 0 radical (unpaired) electrons. The lowest BCUT2D eigenvalue weighted by molar-refractivity contribution is -0.125. The van der Waals surface area contributed by atoms with E-state index in [2.05, 4.69) is 15.6 Å². The van der Waals surface area contributed by atoms with Crippen LogP contribution in [0.25, 0.3) is 11.1 Å². The van der Waals surface area contributed by atoms with E-state index in [1.54, 1.807) is 36.4 Å². The first kappa shape index (κ1) is 26.6. The number of halogens is 3. The van der Waals surface area contributed by atoms with Crippen molar-refractivity contribution in [3.05, 3.63) is 119 Å². The molecular formula is C30H23F3N4O3. The van der Waals surface area contributed by atoms with Crippen LogP contribution in [0.15, 0.2) is 79.0 Å². The van der Waals surface area contributed by atoms with Crippen molar-refractivity contribution in [2.75, 3.05) is 5.32 Å². The zero-order chi connectivity index (χ0) is 28.4. The SMILES string of the molecule is NC(=O)c1cccc(-c2cccnc2C(Cc2cc(F)cc(F)c2)NC(=O)CC2C(=O)Nc3ccc(F)cc32)c1. The van der Waals surface area contributed by atoms with Gasteiger partial charge in [0.25, 0.3) is 0 Å². The molecular weight excluding hydrogens is 521 g/mol. The lowest BCUT2D eigenvalue weighted by Crippen LogP contribution is -2.33. The van der Waals surface area contributed by atoms with Gasteiger partial charge in [-0.1, -0.05) is 18.2 Å². The Labute approximate surface area is 227 Å². The third-order valence-electron chi connectivity index (χ3n) is 6.68. The summed E-state index contributed by atoms with van der Waals surface area (Å²) in [5.41, 5.74) is 8.27. The van der Waals surface area contributed by atoms with Crippen molar-refractivity contribution >= 4 is 23.4 Å². The van der Waals surface area contributed by atoms with Crippen molar-refractivity contribution < 1.29 is 27.6 Å². The molecule has 0 saturated carbocycles. The molecule has 1 aromatic heterocycles. The smallest absolute Gasteiger partial charge is 0.248 e. The molecule has 40 heavy (non-hydrogen) atoms. The van der Waals surface area contributed by atoms with E-state index in [9.17, 15) is 27.6 Å². The molecule has 7 nitrogen and oxygen atoms in total. The maximum Gasteiger partial charge on any atom is 0.248 e. The lowest BCUT2D eigenvalue weighted by atomic mass is 9.93. The zero-order valence-corrected chi connectivity index (χ0v) is 21.0. The molecule has 0 bridgehead atoms. The number of amides is 3. The average Bonchev–Trinajstić information content (AvgIpc) is 3.21. The van der Waals surface area contributed by atoms with E-state index in [1.165, 1.54) is 24.4 Å². The molecule has 0 saturated heterocycles. The predicted octanol–water partition coefficient (Wildman–Crippen LogP) is 4.79. The van der Waals surface area contributed by atoms with Gasteiger partial charge in [-0.3, -0.25) is 19.4 Å². The first-order valence-corrected chi connectivity index (χ1v) is 12.4. The molecule has 202 valence electrons. The van der Waals surface area contributed by atoms with Crippen molar-refractivity contribution in [3.63, 3.8) is 0 Å². The number of anilines is 1. The van der Waals surface area contributed by atoms with Gasteiger partial charge in [0.15, 0.2) is 0 Å². The highest BCUT2D eigenvalue weighted by Gasteiger charge is 2.33. The summed E-state index contributed by atoms with van der Waals surface area (Å²) < 4.78 is 42.0. The van der Waals surface area contributed by atoms with Gasteiger partial charge < -0.3 is 16.4 Å². The number of hydrogen-bond acceptors (Lipinski definition) is 4. The van der Waals surface area contributed by atoms with Crippen LogP contribution in [0.2, 0.25) is 0 Å². The first-order chi connectivity index (χ1) is 19.2. The predicted molar refractivity (Wildman–Crippen MR) is 142 cm³/mol. The number of benzene rings is 3. The summed E-state index contributed by atoms with van der Waals surface area (Å²) in [4.78, 5) is 42.1. The molecule has 3 amide bonds. The Bertz CT molecular complexity index is 1620. The number of hydrogen-bond donors (Lipinski definition) is 3. The molecule has 1 aliphatic heterocycles. The molecule has 0 aliphatic carbocycles. The second-order valence-electron chi connectivity index (χ2n) is 9.46. The number of pyridine rings is 1. The van der Waals surface area contributed by atoms with Crippen LogP contribution in [-0.2, 0) is 16.0 Å². The summed E-state index contributed by atoms with van der Waals surface area (Å²) in [7, 11) is 0. The number of nitrogens with zero attached hydrogens (tertiary/aromatic N) is 1. The van der Waals surface area contributed by atoms with Gasteiger partial charge in [0, 0.05) is 35.5 Å². The van der Waals surface area contributed by atoms with Gasteiger partial charge >= 0.3 is 0 Å². The van der Waals surface area contributed by atoms with Gasteiger partial charge in [-0.15, -0.1) is 0 Å². The second-order valence-corrected chi connectivity index (χ2v) is 9.46. The van der Waals surface area contributed by atoms with E-state index >= 15 is 0 Å². The quantitative estimate of drug-likeness (QED) is 0.296. The Kier molecular flexibility index (Phi) is 7.33. The molecule has 4 N–H and O–H groups in total. The van der Waals surface area contributed by atoms with Gasteiger partial charge in [-0.25, -0.2) is 13.2 Å². The summed E-state index contributed by atoms with van der Waals surface area (Å²) in [6.07, 6.45) is 1.17. The van der Waals surface area contributed by atoms with Crippen molar-refractivity contribution in [2.24, 2.45) is 5.73 Å². The van der Waals surface area contributed by atoms with Crippen LogP contribution >= 0.6 is 0 Å². The molecule has 1 aliphatic rings. The lowest BCUT2D eigenvalue weighted by Gasteiger charge is -2.22. The fraction of sp³-hybridized carbons (Fsp3) is 0.133. The normalized spacial score (nSPS) is 14.8. The van der Waals surface area contributed by atoms with E-state index in [-0.39, 0.29) is 24.0 Å². The average molecular weight is 545 g/mol. The van der Waals surface area contributed by atoms with Crippen LogP contribution in [0.3, 0.4) is 0 Å². The molecule has 0 fully saturated rings. The topological polar surface area (TPSA) is 114 Å². The summed E-state index contributed by atoms with van der Waals surface area (Å²) in [6, 6.07) is 16.0. The number of primary amides is 1. The van der Waals surface area contributed by atoms with Crippen molar-refractivity contribution in [3.8, 4) is 11.1 Å². The van der Waals surface area contributed by atoms with Gasteiger partial charge in [0.05, 0.1) is 17.7 Å². The Hall–Kier alpha value is -4.99. The Morgan fingerprint density at radius 3 is 2.48 bits per heavy atom. The number of carbonyl (C=O) groups is 3. The van der Waals surface area contributed by atoms with Crippen LogP contribution in [0, 0.1) is 17.5 Å². The van der Waals surface area contributed by atoms with E-state index in [0.29, 0.717) is 28.1 Å². The maximum absolute atomic E-state index is 14.0. The molecule has 3 aromatic carbocycles. The van der Waals surface area contributed by atoms with Crippen LogP contribution < -0.4 is 16.4 Å². The number of fused-ring (bicyclic) bond motifs is 1. The summed E-state index contributed by atoms with van der Waals surface area (Å²) in [5, 5.41) is 5.49. The highest BCUT2D eigenvalue weighted by molar-refractivity contribution is 6.05. The monoisotopic (exact) mass is 544 g/mol.